The van der Waals surface area contributed by atoms with Crippen molar-refractivity contribution in [3.8, 4) is 0 Å². The standard InChI is InChI=1S/C17H27N3O5S/c1-12(2)16(11-17(22)18-9-10-25-4)20-26(23,24)15-7-5-14(6-8-15)19-13(3)21/h5-8,12,16,20H,9-11H2,1-4H3,(H,18,22)(H,19,21)/t16-/m1/s1. The van der Waals surface area contributed by atoms with E-state index in [1.54, 1.807) is 0 Å². The first-order valence-corrected chi connectivity index (χ1v) is 9.79. The van der Waals surface area contributed by atoms with Gasteiger partial charge in [-0.2, -0.15) is 0 Å². The number of carbonyl (C=O) groups excluding carboxylic acids is 2. The van der Waals surface area contributed by atoms with Crippen LogP contribution in [0, 0.1) is 5.92 Å². The monoisotopic (exact) mass is 385 g/mol. The van der Waals surface area contributed by atoms with Crippen molar-refractivity contribution in [1.29, 1.82) is 0 Å². The van der Waals surface area contributed by atoms with Crippen LogP contribution < -0.4 is 15.4 Å². The van der Waals surface area contributed by atoms with Gasteiger partial charge in [0.25, 0.3) is 0 Å². The van der Waals surface area contributed by atoms with E-state index in [1.165, 1.54) is 38.3 Å². The zero-order chi connectivity index (χ0) is 19.7. The predicted molar refractivity (Wildman–Crippen MR) is 99.2 cm³/mol. The van der Waals surface area contributed by atoms with Gasteiger partial charge in [0, 0.05) is 38.7 Å². The van der Waals surface area contributed by atoms with Crippen LogP contribution in [0.25, 0.3) is 0 Å². The second kappa shape index (κ2) is 10.2. The summed E-state index contributed by atoms with van der Waals surface area (Å²) in [6, 6.07) is 5.29. The number of amides is 2. The number of hydrogen-bond acceptors (Lipinski definition) is 5. The molecule has 26 heavy (non-hydrogen) atoms. The SMILES string of the molecule is COCCNC(=O)C[C@@H](NS(=O)(=O)c1ccc(NC(C)=O)cc1)C(C)C. The fraction of sp³-hybridized carbons (Fsp3) is 0.529. The van der Waals surface area contributed by atoms with Crippen LogP contribution in [0.4, 0.5) is 5.69 Å². The molecule has 0 fully saturated rings. The number of hydrogen-bond donors (Lipinski definition) is 3. The highest BCUT2D eigenvalue weighted by molar-refractivity contribution is 7.89. The fourth-order valence-corrected chi connectivity index (χ4v) is 3.55. The van der Waals surface area contributed by atoms with Gasteiger partial charge in [-0.05, 0) is 30.2 Å². The van der Waals surface area contributed by atoms with Crippen molar-refractivity contribution in [2.45, 2.75) is 38.1 Å². The molecule has 0 unspecified atom stereocenters. The Hall–Kier alpha value is -1.97. The van der Waals surface area contributed by atoms with Crippen LogP contribution in [0.2, 0.25) is 0 Å². The lowest BCUT2D eigenvalue weighted by Gasteiger charge is -2.22. The first kappa shape index (κ1) is 22.1. The number of rotatable bonds is 10. The summed E-state index contributed by atoms with van der Waals surface area (Å²) in [5.74, 6) is -0.556. The molecule has 0 saturated carbocycles. The van der Waals surface area contributed by atoms with Gasteiger partial charge in [0.05, 0.1) is 11.5 Å². The first-order valence-electron chi connectivity index (χ1n) is 8.31. The van der Waals surface area contributed by atoms with Crippen LogP contribution in [0.3, 0.4) is 0 Å². The minimum Gasteiger partial charge on any atom is -0.383 e. The normalized spacial score (nSPS) is 12.7. The van der Waals surface area contributed by atoms with Gasteiger partial charge < -0.3 is 15.4 Å². The maximum Gasteiger partial charge on any atom is 0.240 e. The number of anilines is 1. The summed E-state index contributed by atoms with van der Waals surface area (Å²) in [6.07, 6.45) is 0.0323. The topological polar surface area (TPSA) is 114 Å². The summed E-state index contributed by atoms with van der Waals surface area (Å²) >= 11 is 0. The van der Waals surface area contributed by atoms with Crippen molar-refractivity contribution in [2.75, 3.05) is 25.6 Å². The first-order chi connectivity index (χ1) is 12.2. The number of ether oxygens (including phenoxy) is 1. The van der Waals surface area contributed by atoms with E-state index in [1.807, 2.05) is 13.8 Å². The van der Waals surface area contributed by atoms with Crippen molar-refractivity contribution in [2.24, 2.45) is 5.92 Å². The van der Waals surface area contributed by atoms with Gasteiger partial charge in [0.15, 0.2) is 0 Å². The molecule has 0 heterocycles. The van der Waals surface area contributed by atoms with Crippen molar-refractivity contribution in [3.05, 3.63) is 24.3 Å². The molecule has 3 N–H and O–H groups in total. The molecule has 0 aromatic heterocycles. The molecule has 0 bridgehead atoms. The molecular formula is C17H27N3O5S. The number of carbonyl (C=O) groups is 2. The second-order valence-corrected chi connectivity index (χ2v) is 7.94. The molecule has 1 aromatic rings. The van der Waals surface area contributed by atoms with Crippen molar-refractivity contribution in [1.82, 2.24) is 10.0 Å². The lowest BCUT2D eigenvalue weighted by Crippen LogP contribution is -2.42. The fourth-order valence-electron chi connectivity index (χ4n) is 2.17. The molecule has 0 saturated heterocycles. The Kier molecular flexibility index (Phi) is 8.70. The van der Waals surface area contributed by atoms with E-state index in [9.17, 15) is 18.0 Å². The van der Waals surface area contributed by atoms with Crippen LogP contribution in [-0.4, -0.2) is 46.5 Å². The third kappa shape index (κ3) is 7.51. The number of benzene rings is 1. The second-order valence-electron chi connectivity index (χ2n) is 6.22. The zero-order valence-electron chi connectivity index (χ0n) is 15.5. The lowest BCUT2D eigenvalue weighted by molar-refractivity contribution is -0.122. The maximum absolute atomic E-state index is 12.6. The summed E-state index contributed by atoms with van der Waals surface area (Å²) in [7, 11) is -2.25. The Morgan fingerprint density at radius 3 is 2.27 bits per heavy atom. The predicted octanol–water partition coefficient (Wildman–Crippen LogP) is 1.10. The Labute approximate surface area is 154 Å². The van der Waals surface area contributed by atoms with Gasteiger partial charge in [-0.3, -0.25) is 9.59 Å². The molecule has 0 aliphatic rings. The van der Waals surface area contributed by atoms with Crippen LogP contribution >= 0.6 is 0 Å². The van der Waals surface area contributed by atoms with Crippen LogP contribution in [-0.2, 0) is 24.3 Å². The molecule has 0 aliphatic carbocycles. The van der Waals surface area contributed by atoms with E-state index in [0.717, 1.165) is 0 Å². The van der Waals surface area contributed by atoms with Gasteiger partial charge >= 0.3 is 0 Å². The van der Waals surface area contributed by atoms with Gasteiger partial charge in [0.1, 0.15) is 0 Å². The summed E-state index contributed by atoms with van der Waals surface area (Å²) in [4.78, 5) is 23.1. The summed E-state index contributed by atoms with van der Waals surface area (Å²) in [5.41, 5.74) is 0.509. The van der Waals surface area contributed by atoms with Gasteiger partial charge in [-0.25, -0.2) is 13.1 Å². The van der Waals surface area contributed by atoms with Crippen LogP contribution in [0.15, 0.2) is 29.2 Å². The van der Waals surface area contributed by atoms with E-state index >= 15 is 0 Å². The Bertz CT molecular complexity index is 702. The minimum atomic E-state index is -3.79. The van der Waals surface area contributed by atoms with Crippen molar-refractivity contribution in [3.63, 3.8) is 0 Å². The molecule has 0 aliphatic heterocycles. The quantitative estimate of drug-likeness (QED) is 0.522. The summed E-state index contributed by atoms with van der Waals surface area (Å²) in [6.45, 7) is 5.82. The molecule has 146 valence electrons. The van der Waals surface area contributed by atoms with Crippen molar-refractivity contribution >= 4 is 27.5 Å². The molecule has 2 amide bonds. The average molecular weight is 385 g/mol. The minimum absolute atomic E-state index is 0.0323. The summed E-state index contributed by atoms with van der Waals surface area (Å²) < 4.78 is 32.6. The van der Waals surface area contributed by atoms with E-state index in [-0.39, 0.29) is 29.0 Å². The Morgan fingerprint density at radius 2 is 1.77 bits per heavy atom. The summed E-state index contributed by atoms with van der Waals surface area (Å²) in [5, 5.41) is 5.26. The average Bonchev–Trinajstić information content (AvgIpc) is 2.54. The highest BCUT2D eigenvalue weighted by Crippen LogP contribution is 2.16. The number of methoxy groups -OCH3 is 1. The van der Waals surface area contributed by atoms with E-state index in [4.69, 9.17) is 4.74 Å². The highest BCUT2D eigenvalue weighted by atomic mass is 32.2. The zero-order valence-corrected chi connectivity index (χ0v) is 16.4. The molecular weight excluding hydrogens is 358 g/mol. The molecule has 1 atom stereocenters. The van der Waals surface area contributed by atoms with Gasteiger partial charge in [0.2, 0.25) is 21.8 Å². The third-order valence-corrected chi connectivity index (χ3v) is 5.14. The molecule has 1 rings (SSSR count). The van der Waals surface area contributed by atoms with E-state index < -0.39 is 16.1 Å². The lowest BCUT2D eigenvalue weighted by atomic mass is 10.0. The molecule has 9 heteroatoms. The molecule has 1 aromatic carbocycles. The molecule has 0 spiro atoms. The van der Waals surface area contributed by atoms with Crippen molar-refractivity contribution < 1.29 is 22.7 Å². The largest absolute Gasteiger partial charge is 0.383 e. The Morgan fingerprint density at radius 1 is 1.15 bits per heavy atom. The third-order valence-electron chi connectivity index (χ3n) is 3.63. The van der Waals surface area contributed by atoms with Gasteiger partial charge in [-0.15, -0.1) is 0 Å². The number of nitrogens with one attached hydrogen (secondary N) is 3. The highest BCUT2D eigenvalue weighted by Gasteiger charge is 2.24. The molecule has 8 nitrogen and oxygen atoms in total. The van der Waals surface area contributed by atoms with Crippen LogP contribution in [0.5, 0.6) is 0 Å². The van der Waals surface area contributed by atoms with Gasteiger partial charge in [-0.1, -0.05) is 13.8 Å². The molecule has 0 radical (unpaired) electrons. The van der Waals surface area contributed by atoms with Crippen LogP contribution in [0.1, 0.15) is 27.2 Å². The smallest absolute Gasteiger partial charge is 0.240 e. The number of sulfonamides is 1. The van der Waals surface area contributed by atoms with E-state index in [2.05, 4.69) is 15.4 Å². The Balaban J connectivity index is 2.79. The maximum atomic E-state index is 12.6. The van der Waals surface area contributed by atoms with E-state index in [0.29, 0.717) is 18.8 Å².